The molecule has 1 aromatic carbocycles. The molecule has 0 unspecified atom stereocenters. The highest BCUT2D eigenvalue weighted by molar-refractivity contribution is 7.89. The van der Waals surface area contributed by atoms with Gasteiger partial charge in [-0.15, -0.1) is 0 Å². The number of nitrogens with one attached hydrogen (secondary N) is 1. The van der Waals surface area contributed by atoms with E-state index in [0.717, 1.165) is 31.6 Å². The second-order valence-electron chi connectivity index (χ2n) is 5.57. The highest BCUT2D eigenvalue weighted by Gasteiger charge is 2.24. The summed E-state index contributed by atoms with van der Waals surface area (Å²) < 4.78 is 27.5. The first-order valence-corrected chi connectivity index (χ1v) is 8.50. The standard InChI is InChI=1S/C14H23N3O2S/c1-11(2)16-20(18,19)14-6-4-3-5-13(14)17-9-7-12(15)8-10-17/h3-6,11-12,16H,7-10,15H2,1-2H3. The summed E-state index contributed by atoms with van der Waals surface area (Å²) in [5.41, 5.74) is 6.68. The zero-order valence-corrected chi connectivity index (χ0v) is 12.9. The quantitative estimate of drug-likeness (QED) is 0.878. The molecule has 112 valence electrons. The van der Waals surface area contributed by atoms with Crippen LogP contribution in [0.5, 0.6) is 0 Å². The third kappa shape index (κ3) is 3.50. The molecule has 1 aromatic rings. The fourth-order valence-electron chi connectivity index (χ4n) is 2.46. The smallest absolute Gasteiger partial charge is 0.242 e. The highest BCUT2D eigenvalue weighted by atomic mass is 32.2. The molecule has 0 spiro atoms. The van der Waals surface area contributed by atoms with Gasteiger partial charge in [-0.1, -0.05) is 12.1 Å². The Morgan fingerprint density at radius 2 is 1.85 bits per heavy atom. The van der Waals surface area contributed by atoms with Gasteiger partial charge in [0.25, 0.3) is 0 Å². The van der Waals surface area contributed by atoms with Crippen LogP contribution in [0.25, 0.3) is 0 Å². The van der Waals surface area contributed by atoms with Crippen LogP contribution in [0.1, 0.15) is 26.7 Å². The van der Waals surface area contributed by atoms with Crippen molar-refractivity contribution in [3.8, 4) is 0 Å². The van der Waals surface area contributed by atoms with Gasteiger partial charge >= 0.3 is 0 Å². The van der Waals surface area contributed by atoms with E-state index < -0.39 is 10.0 Å². The fourth-order valence-corrected chi connectivity index (χ4v) is 3.94. The molecule has 5 nitrogen and oxygen atoms in total. The largest absolute Gasteiger partial charge is 0.370 e. The van der Waals surface area contributed by atoms with Crippen molar-refractivity contribution in [3.05, 3.63) is 24.3 Å². The first kappa shape index (κ1) is 15.3. The van der Waals surface area contributed by atoms with Crippen molar-refractivity contribution < 1.29 is 8.42 Å². The molecule has 0 bridgehead atoms. The van der Waals surface area contributed by atoms with E-state index in [2.05, 4.69) is 9.62 Å². The van der Waals surface area contributed by atoms with E-state index in [9.17, 15) is 8.42 Å². The molecule has 0 aromatic heterocycles. The van der Waals surface area contributed by atoms with Gasteiger partial charge in [-0.3, -0.25) is 0 Å². The normalized spacial score (nSPS) is 17.7. The summed E-state index contributed by atoms with van der Waals surface area (Å²) in [6.07, 6.45) is 1.79. The van der Waals surface area contributed by atoms with Gasteiger partial charge in [-0.25, -0.2) is 13.1 Å². The van der Waals surface area contributed by atoms with Gasteiger partial charge in [0.05, 0.1) is 5.69 Å². The van der Waals surface area contributed by atoms with Crippen molar-refractivity contribution in [1.82, 2.24) is 4.72 Å². The monoisotopic (exact) mass is 297 g/mol. The van der Waals surface area contributed by atoms with Gasteiger partial charge in [0.2, 0.25) is 10.0 Å². The van der Waals surface area contributed by atoms with Gasteiger partial charge in [0, 0.05) is 25.2 Å². The lowest BCUT2D eigenvalue weighted by atomic mass is 10.1. The second kappa shape index (κ2) is 6.11. The van der Waals surface area contributed by atoms with Gasteiger partial charge < -0.3 is 10.6 Å². The maximum atomic E-state index is 12.4. The Kier molecular flexibility index (Phi) is 4.67. The Morgan fingerprint density at radius 3 is 2.45 bits per heavy atom. The number of nitrogens with two attached hydrogens (primary N) is 1. The molecule has 6 heteroatoms. The molecule has 0 aliphatic carbocycles. The number of anilines is 1. The van der Waals surface area contributed by atoms with Gasteiger partial charge in [-0.2, -0.15) is 0 Å². The summed E-state index contributed by atoms with van der Waals surface area (Å²) in [6.45, 7) is 5.24. The Bertz CT molecular complexity index is 549. The number of rotatable bonds is 4. The van der Waals surface area contributed by atoms with E-state index in [1.807, 2.05) is 26.0 Å². The molecular weight excluding hydrogens is 274 g/mol. The van der Waals surface area contributed by atoms with E-state index in [1.54, 1.807) is 12.1 Å². The lowest BCUT2D eigenvalue weighted by Gasteiger charge is -2.33. The molecule has 20 heavy (non-hydrogen) atoms. The topological polar surface area (TPSA) is 75.4 Å². The van der Waals surface area contributed by atoms with Crippen LogP contribution in [0.15, 0.2) is 29.2 Å². The van der Waals surface area contributed by atoms with Gasteiger partial charge in [0.15, 0.2) is 0 Å². The van der Waals surface area contributed by atoms with Crippen LogP contribution in [0.4, 0.5) is 5.69 Å². The van der Waals surface area contributed by atoms with E-state index >= 15 is 0 Å². The van der Waals surface area contributed by atoms with Crippen molar-refractivity contribution in [2.75, 3.05) is 18.0 Å². The summed E-state index contributed by atoms with van der Waals surface area (Å²) >= 11 is 0. The number of nitrogens with zero attached hydrogens (tertiary/aromatic N) is 1. The minimum atomic E-state index is -3.48. The molecule has 1 aliphatic rings. The molecule has 1 aliphatic heterocycles. The van der Waals surface area contributed by atoms with Crippen LogP contribution < -0.4 is 15.4 Å². The molecular formula is C14H23N3O2S. The van der Waals surface area contributed by atoms with Crippen molar-refractivity contribution >= 4 is 15.7 Å². The SMILES string of the molecule is CC(C)NS(=O)(=O)c1ccccc1N1CCC(N)CC1. The first-order valence-electron chi connectivity index (χ1n) is 7.02. The van der Waals surface area contributed by atoms with Crippen LogP contribution in [0.2, 0.25) is 0 Å². The van der Waals surface area contributed by atoms with Crippen molar-refractivity contribution in [2.24, 2.45) is 5.73 Å². The van der Waals surface area contributed by atoms with Crippen molar-refractivity contribution in [3.63, 3.8) is 0 Å². The molecule has 0 amide bonds. The maximum Gasteiger partial charge on any atom is 0.242 e. The van der Waals surface area contributed by atoms with Gasteiger partial charge in [0.1, 0.15) is 4.90 Å². The van der Waals surface area contributed by atoms with E-state index in [-0.39, 0.29) is 12.1 Å². The Labute approximate surface area is 121 Å². The van der Waals surface area contributed by atoms with Crippen molar-refractivity contribution in [1.29, 1.82) is 0 Å². The van der Waals surface area contributed by atoms with Crippen LogP contribution in [-0.4, -0.2) is 33.6 Å². The number of piperidine rings is 1. The van der Waals surface area contributed by atoms with Crippen LogP contribution >= 0.6 is 0 Å². The lowest BCUT2D eigenvalue weighted by molar-refractivity contribution is 0.499. The van der Waals surface area contributed by atoms with Gasteiger partial charge in [-0.05, 0) is 38.8 Å². The summed E-state index contributed by atoms with van der Waals surface area (Å²) in [4.78, 5) is 2.46. The molecule has 1 fully saturated rings. The third-order valence-corrected chi connectivity index (χ3v) is 5.13. The summed E-state index contributed by atoms with van der Waals surface area (Å²) in [5, 5.41) is 0. The average molecular weight is 297 g/mol. The van der Waals surface area contributed by atoms with Crippen LogP contribution in [0.3, 0.4) is 0 Å². The molecule has 3 N–H and O–H groups in total. The van der Waals surface area contributed by atoms with E-state index in [1.165, 1.54) is 0 Å². The number of para-hydroxylation sites is 1. The molecule has 2 rings (SSSR count). The maximum absolute atomic E-state index is 12.4. The summed E-state index contributed by atoms with van der Waals surface area (Å²) in [6, 6.07) is 7.26. The molecule has 0 radical (unpaired) electrons. The van der Waals surface area contributed by atoms with E-state index in [0.29, 0.717) is 4.90 Å². The second-order valence-corrected chi connectivity index (χ2v) is 7.25. The van der Waals surface area contributed by atoms with Crippen LogP contribution in [-0.2, 0) is 10.0 Å². The fraction of sp³-hybridized carbons (Fsp3) is 0.571. The number of hydrogen-bond donors (Lipinski definition) is 2. The zero-order valence-electron chi connectivity index (χ0n) is 12.0. The zero-order chi connectivity index (χ0) is 14.8. The number of sulfonamides is 1. The summed E-state index contributed by atoms with van der Waals surface area (Å²) in [5.74, 6) is 0. The molecule has 1 saturated heterocycles. The minimum absolute atomic E-state index is 0.122. The molecule has 1 heterocycles. The predicted molar refractivity (Wildman–Crippen MR) is 81.3 cm³/mol. The van der Waals surface area contributed by atoms with Crippen molar-refractivity contribution in [2.45, 2.75) is 43.7 Å². The highest BCUT2D eigenvalue weighted by Crippen LogP contribution is 2.27. The lowest BCUT2D eigenvalue weighted by Crippen LogP contribution is -2.40. The average Bonchev–Trinajstić information content (AvgIpc) is 2.38. The Balaban J connectivity index is 2.31. The Morgan fingerprint density at radius 1 is 1.25 bits per heavy atom. The summed E-state index contributed by atoms with van der Waals surface area (Å²) in [7, 11) is -3.48. The molecule has 0 saturated carbocycles. The predicted octanol–water partition coefficient (Wildman–Crippen LogP) is 1.30. The van der Waals surface area contributed by atoms with E-state index in [4.69, 9.17) is 5.73 Å². The Hall–Kier alpha value is -1.11. The van der Waals surface area contributed by atoms with Crippen LogP contribution in [0, 0.1) is 0 Å². The third-order valence-electron chi connectivity index (χ3n) is 3.43. The number of hydrogen-bond acceptors (Lipinski definition) is 4. The minimum Gasteiger partial charge on any atom is -0.370 e. The number of benzene rings is 1. The molecule has 0 atom stereocenters. The first-order chi connectivity index (χ1) is 9.40.